The van der Waals surface area contributed by atoms with E-state index in [1.807, 2.05) is 47.4 Å². The van der Waals surface area contributed by atoms with Crippen molar-refractivity contribution < 1.29 is 14.0 Å². The first-order valence-corrected chi connectivity index (χ1v) is 9.22. The van der Waals surface area contributed by atoms with E-state index in [1.54, 1.807) is 30.6 Å². The smallest absolute Gasteiger partial charge is 0.246 e. The fourth-order valence-electron chi connectivity index (χ4n) is 3.04. The Balaban J connectivity index is 1.37. The Morgan fingerprint density at radius 3 is 2.52 bits per heavy atom. The molecule has 3 rings (SSSR count). The van der Waals surface area contributed by atoms with Crippen LogP contribution in [0.5, 0.6) is 0 Å². The number of nitrogens with one attached hydrogen (secondary N) is 1. The Labute approximate surface area is 159 Å². The van der Waals surface area contributed by atoms with Gasteiger partial charge in [0.25, 0.3) is 0 Å². The molecule has 1 aliphatic heterocycles. The third kappa shape index (κ3) is 5.99. The van der Waals surface area contributed by atoms with Crippen LogP contribution in [0.3, 0.4) is 0 Å². The van der Waals surface area contributed by atoms with Crippen LogP contribution in [0.4, 0.5) is 0 Å². The Hall–Kier alpha value is -3.08. The van der Waals surface area contributed by atoms with Gasteiger partial charge in [0, 0.05) is 31.8 Å². The van der Waals surface area contributed by atoms with E-state index in [1.165, 1.54) is 0 Å². The second kappa shape index (κ2) is 9.57. The minimum atomic E-state index is -0.0845. The summed E-state index contributed by atoms with van der Waals surface area (Å²) in [4.78, 5) is 26.0. The summed E-state index contributed by atoms with van der Waals surface area (Å²) >= 11 is 0. The third-order valence-corrected chi connectivity index (χ3v) is 4.65. The third-order valence-electron chi connectivity index (χ3n) is 4.65. The number of piperidine rings is 1. The molecule has 5 nitrogen and oxygen atoms in total. The highest BCUT2D eigenvalue weighted by Crippen LogP contribution is 2.17. The van der Waals surface area contributed by atoms with Crippen LogP contribution in [0, 0.1) is 5.92 Å². The maximum Gasteiger partial charge on any atom is 0.246 e. The van der Waals surface area contributed by atoms with E-state index in [9.17, 15) is 9.59 Å². The van der Waals surface area contributed by atoms with E-state index in [-0.39, 0.29) is 11.8 Å². The molecule has 1 aliphatic rings. The van der Waals surface area contributed by atoms with Crippen molar-refractivity contribution >= 4 is 24.0 Å². The van der Waals surface area contributed by atoms with E-state index in [0.717, 1.165) is 18.4 Å². The molecule has 0 radical (unpaired) electrons. The molecule has 1 saturated heterocycles. The molecule has 0 bridgehead atoms. The Morgan fingerprint density at radius 2 is 1.81 bits per heavy atom. The lowest BCUT2D eigenvalue weighted by molar-refractivity contribution is -0.127. The van der Waals surface area contributed by atoms with Crippen molar-refractivity contribution in [1.29, 1.82) is 0 Å². The normalized spacial score (nSPS) is 15.5. The highest BCUT2D eigenvalue weighted by molar-refractivity contribution is 5.92. The van der Waals surface area contributed by atoms with Gasteiger partial charge in [-0.15, -0.1) is 0 Å². The SMILES string of the molecule is O=C(/C=C/c1ccccc1)NCC1CCN(C(=O)/C=C/c2ccco2)CC1. The van der Waals surface area contributed by atoms with Crippen molar-refractivity contribution in [3.05, 3.63) is 72.2 Å². The fourth-order valence-corrected chi connectivity index (χ4v) is 3.04. The van der Waals surface area contributed by atoms with Crippen molar-refractivity contribution in [3.63, 3.8) is 0 Å². The first-order chi connectivity index (χ1) is 13.2. The van der Waals surface area contributed by atoms with Gasteiger partial charge in [-0.3, -0.25) is 9.59 Å². The van der Waals surface area contributed by atoms with Crippen molar-refractivity contribution in [2.75, 3.05) is 19.6 Å². The largest absolute Gasteiger partial charge is 0.465 e. The monoisotopic (exact) mass is 364 g/mol. The van der Waals surface area contributed by atoms with Gasteiger partial charge in [0.1, 0.15) is 5.76 Å². The summed E-state index contributed by atoms with van der Waals surface area (Å²) in [6.45, 7) is 2.06. The van der Waals surface area contributed by atoms with E-state index < -0.39 is 0 Å². The molecule has 2 heterocycles. The predicted molar refractivity (Wildman–Crippen MR) is 106 cm³/mol. The van der Waals surface area contributed by atoms with E-state index in [0.29, 0.717) is 31.3 Å². The standard InChI is InChI=1S/C22H24N2O3/c25-21(10-8-18-5-2-1-3-6-18)23-17-19-12-14-24(15-13-19)22(26)11-9-20-7-4-16-27-20/h1-11,16,19H,12-15,17H2,(H,23,25)/b10-8+,11-9+. The molecule has 0 aliphatic carbocycles. The molecule has 0 saturated carbocycles. The lowest BCUT2D eigenvalue weighted by Crippen LogP contribution is -2.40. The molecule has 27 heavy (non-hydrogen) atoms. The van der Waals surface area contributed by atoms with Gasteiger partial charge < -0.3 is 14.6 Å². The van der Waals surface area contributed by atoms with Gasteiger partial charge in [-0.2, -0.15) is 0 Å². The van der Waals surface area contributed by atoms with Crippen LogP contribution < -0.4 is 5.32 Å². The maximum absolute atomic E-state index is 12.2. The van der Waals surface area contributed by atoms with Crippen LogP contribution in [0.15, 0.2) is 65.3 Å². The number of carbonyl (C=O) groups is 2. The number of likely N-dealkylation sites (tertiary alicyclic amines) is 1. The van der Waals surface area contributed by atoms with Crippen molar-refractivity contribution in [3.8, 4) is 0 Å². The Bertz CT molecular complexity index is 786. The molecule has 5 heteroatoms. The summed E-state index contributed by atoms with van der Waals surface area (Å²) in [6.07, 6.45) is 9.98. The summed E-state index contributed by atoms with van der Waals surface area (Å²) < 4.78 is 5.19. The van der Waals surface area contributed by atoms with Crippen molar-refractivity contribution in [2.24, 2.45) is 5.92 Å². The number of furan rings is 1. The molecular formula is C22H24N2O3. The first-order valence-electron chi connectivity index (χ1n) is 9.22. The summed E-state index contributed by atoms with van der Waals surface area (Å²) in [6, 6.07) is 13.3. The van der Waals surface area contributed by atoms with Gasteiger partial charge >= 0.3 is 0 Å². The van der Waals surface area contributed by atoms with Crippen molar-refractivity contribution in [1.82, 2.24) is 10.2 Å². The van der Waals surface area contributed by atoms with Gasteiger partial charge in [0.05, 0.1) is 6.26 Å². The van der Waals surface area contributed by atoms with E-state index >= 15 is 0 Å². The molecular weight excluding hydrogens is 340 g/mol. The minimum absolute atomic E-state index is 0.000296. The molecule has 0 atom stereocenters. The molecule has 0 unspecified atom stereocenters. The maximum atomic E-state index is 12.2. The van der Waals surface area contributed by atoms with E-state index in [2.05, 4.69) is 5.32 Å². The van der Waals surface area contributed by atoms with Crippen LogP contribution >= 0.6 is 0 Å². The van der Waals surface area contributed by atoms with Gasteiger partial charge in [0.15, 0.2) is 0 Å². The lowest BCUT2D eigenvalue weighted by atomic mass is 9.96. The van der Waals surface area contributed by atoms with Gasteiger partial charge in [-0.1, -0.05) is 30.3 Å². The summed E-state index contributed by atoms with van der Waals surface area (Å²) in [5.74, 6) is 0.986. The van der Waals surface area contributed by atoms with Crippen LogP contribution in [-0.2, 0) is 9.59 Å². The topological polar surface area (TPSA) is 62.6 Å². The number of hydrogen-bond acceptors (Lipinski definition) is 3. The fraction of sp³-hybridized carbons (Fsp3) is 0.273. The van der Waals surface area contributed by atoms with Crippen LogP contribution in [-0.4, -0.2) is 36.3 Å². The van der Waals surface area contributed by atoms with Gasteiger partial charge in [0.2, 0.25) is 11.8 Å². The summed E-state index contributed by atoms with van der Waals surface area (Å²) in [5.41, 5.74) is 1.00. The second-order valence-corrected chi connectivity index (χ2v) is 6.61. The molecule has 1 fully saturated rings. The number of nitrogens with zero attached hydrogens (tertiary/aromatic N) is 1. The summed E-state index contributed by atoms with van der Waals surface area (Å²) in [7, 11) is 0. The van der Waals surface area contributed by atoms with Crippen LogP contribution in [0.25, 0.3) is 12.2 Å². The highest BCUT2D eigenvalue weighted by Gasteiger charge is 2.21. The lowest BCUT2D eigenvalue weighted by Gasteiger charge is -2.31. The predicted octanol–water partition coefficient (Wildman–Crippen LogP) is 3.36. The molecule has 0 spiro atoms. The number of carbonyl (C=O) groups excluding carboxylic acids is 2. The van der Waals surface area contributed by atoms with E-state index in [4.69, 9.17) is 4.42 Å². The van der Waals surface area contributed by atoms with Crippen LogP contribution in [0.1, 0.15) is 24.2 Å². The average molecular weight is 364 g/mol. The van der Waals surface area contributed by atoms with Gasteiger partial charge in [-0.25, -0.2) is 0 Å². The second-order valence-electron chi connectivity index (χ2n) is 6.61. The number of hydrogen-bond donors (Lipinski definition) is 1. The highest BCUT2D eigenvalue weighted by atomic mass is 16.3. The first kappa shape index (κ1) is 18.7. The van der Waals surface area contributed by atoms with Crippen LogP contribution in [0.2, 0.25) is 0 Å². The molecule has 2 amide bonds. The zero-order chi connectivity index (χ0) is 18.9. The zero-order valence-corrected chi connectivity index (χ0v) is 15.2. The Morgan fingerprint density at radius 1 is 1.04 bits per heavy atom. The molecule has 140 valence electrons. The number of benzene rings is 1. The number of rotatable bonds is 6. The van der Waals surface area contributed by atoms with Gasteiger partial charge in [-0.05, 0) is 48.6 Å². The molecule has 1 aromatic heterocycles. The number of amides is 2. The average Bonchev–Trinajstić information content (AvgIpc) is 3.24. The Kier molecular flexibility index (Phi) is 6.63. The summed E-state index contributed by atoms with van der Waals surface area (Å²) in [5, 5.41) is 2.95. The quantitative estimate of drug-likeness (QED) is 0.800. The van der Waals surface area contributed by atoms with Crippen molar-refractivity contribution in [2.45, 2.75) is 12.8 Å². The zero-order valence-electron chi connectivity index (χ0n) is 15.2. The molecule has 1 aromatic carbocycles. The molecule has 2 aromatic rings. The molecule has 1 N–H and O–H groups in total. The minimum Gasteiger partial charge on any atom is -0.465 e.